The van der Waals surface area contributed by atoms with Gasteiger partial charge < -0.3 is 29.9 Å². The minimum Gasteiger partial charge on any atom is -0.465 e. The van der Waals surface area contributed by atoms with Crippen molar-refractivity contribution in [2.45, 2.75) is 32.8 Å². The Bertz CT molecular complexity index is 1490. The van der Waals surface area contributed by atoms with Crippen LogP contribution in [-0.2, 0) is 9.47 Å². The third kappa shape index (κ3) is 8.38. The molecule has 1 fully saturated rings. The lowest BCUT2D eigenvalue weighted by molar-refractivity contribution is 0.0263. The normalized spacial score (nSPS) is 13.5. The van der Waals surface area contributed by atoms with Gasteiger partial charge in [0.2, 0.25) is 0 Å². The maximum atomic E-state index is 13.1. The quantitative estimate of drug-likeness (QED) is 0.387. The number of ether oxygens (including phenoxy) is 2. The second-order valence-corrected chi connectivity index (χ2v) is 11.0. The van der Waals surface area contributed by atoms with Crippen LogP contribution in [0.2, 0.25) is 5.02 Å². The molecule has 1 aromatic carbocycles. The van der Waals surface area contributed by atoms with E-state index in [1.165, 1.54) is 50.0 Å². The van der Waals surface area contributed by atoms with Crippen molar-refractivity contribution in [3.05, 3.63) is 70.8 Å². The van der Waals surface area contributed by atoms with Crippen molar-refractivity contribution in [3.63, 3.8) is 0 Å². The fourth-order valence-electron chi connectivity index (χ4n) is 4.16. The maximum Gasteiger partial charge on any atom is 0.410 e. The Morgan fingerprint density at radius 2 is 1.67 bits per heavy atom. The van der Waals surface area contributed by atoms with E-state index in [9.17, 15) is 19.2 Å². The lowest BCUT2D eigenvalue weighted by atomic mass is 10.1. The number of nitrogens with zero attached hydrogens (tertiary/aromatic N) is 5. The third-order valence-corrected chi connectivity index (χ3v) is 6.47. The zero-order valence-electron chi connectivity index (χ0n) is 24.2. The van der Waals surface area contributed by atoms with E-state index in [0.29, 0.717) is 43.4 Å². The molecule has 2 N–H and O–H groups in total. The zero-order chi connectivity index (χ0) is 31.1. The predicted molar refractivity (Wildman–Crippen MR) is 160 cm³/mol. The van der Waals surface area contributed by atoms with Crippen molar-refractivity contribution in [1.82, 2.24) is 19.9 Å². The monoisotopic (exact) mass is 609 g/mol. The van der Waals surface area contributed by atoms with Crippen molar-refractivity contribution in [2.75, 3.05) is 48.8 Å². The fraction of sp³-hybridized carbons (Fsp3) is 0.345. The van der Waals surface area contributed by atoms with Crippen LogP contribution in [0.25, 0.3) is 0 Å². The van der Waals surface area contributed by atoms with Crippen LogP contribution in [0.4, 0.5) is 22.1 Å². The molecule has 1 saturated heterocycles. The third-order valence-electron chi connectivity index (χ3n) is 6.24. The van der Waals surface area contributed by atoms with Gasteiger partial charge in [-0.2, -0.15) is 0 Å². The molecule has 2 aromatic heterocycles. The Balaban J connectivity index is 1.46. The van der Waals surface area contributed by atoms with E-state index in [4.69, 9.17) is 21.1 Å². The van der Waals surface area contributed by atoms with Gasteiger partial charge in [-0.05, 0) is 57.5 Å². The van der Waals surface area contributed by atoms with Gasteiger partial charge >= 0.3 is 12.1 Å². The van der Waals surface area contributed by atoms with Crippen LogP contribution in [0, 0.1) is 0 Å². The number of esters is 1. The van der Waals surface area contributed by atoms with Crippen LogP contribution in [-0.4, -0.2) is 82.6 Å². The Hall–Kier alpha value is -4.78. The van der Waals surface area contributed by atoms with Gasteiger partial charge in [-0.25, -0.2) is 24.5 Å². The molecule has 3 amide bonds. The van der Waals surface area contributed by atoms with Crippen molar-refractivity contribution in [1.29, 1.82) is 0 Å². The van der Waals surface area contributed by atoms with E-state index in [2.05, 4.69) is 25.6 Å². The number of rotatable bonds is 6. The summed E-state index contributed by atoms with van der Waals surface area (Å²) in [7, 11) is 1.22. The number of amides is 3. The van der Waals surface area contributed by atoms with Gasteiger partial charge in [0.05, 0.1) is 41.3 Å². The lowest BCUT2D eigenvalue weighted by Gasteiger charge is -2.26. The van der Waals surface area contributed by atoms with Crippen molar-refractivity contribution >= 4 is 52.8 Å². The van der Waals surface area contributed by atoms with E-state index >= 15 is 0 Å². The molecule has 0 atom stereocenters. The second kappa shape index (κ2) is 13.5. The largest absolute Gasteiger partial charge is 0.465 e. The standard InChI is InChI=1S/C29H32ClN7O6/c1-29(2,3)43-28(41)37-11-5-10-36(12-13-37)24-17-31-22(16-33-24)26(39)34-21-8-6-18(27(40)42-4)14-20(21)25(38)35-23-9-7-19(30)15-32-23/h6-9,14-17H,5,10-13H2,1-4H3,(H,34,39)(H,32,35,38). The van der Waals surface area contributed by atoms with Crippen LogP contribution >= 0.6 is 11.6 Å². The molecule has 1 aliphatic heterocycles. The van der Waals surface area contributed by atoms with Crippen LogP contribution in [0.3, 0.4) is 0 Å². The van der Waals surface area contributed by atoms with E-state index < -0.39 is 23.4 Å². The average molecular weight is 610 g/mol. The van der Waals surface area contributed by atoms with Gasteiger partial charge in [0.1, 0.15) is 22.9 Å². The van der Waals surface area contributed by atoms with Gasteiger partial charge in [-0.3, -0.25) is 9.59 Å². The van der Waals surface area contributed by atoms with E-state index in [0.717, 1.165) is 0 Å². The van der Waals surface area contributed by atoms with Gasteiger partial charge in [0, 0.05) is 32.4 Å². The Morgan fingerprint density at radius 3 is 2.33 bits per heavy atom. The molecule has 3 aromatic rings. The number of methoxy groups -OCH3 is 1. The number of anilines is 3. The molecule has 4 rings (SSSR count). The minimum atomic E-state index is -0.652. The highest BCUT2D eigenvalue weighted by molar-refractivity contribution is 6.30. The number of aromatic nitrogens is 3. The van der Waals surface area contributed by atoms with E-state index in [1.54, 1.807) is 11.0 Å². The highest BCUT2D eigenvalue weighted by Crippen LogP contribution is 2.22. The molecule has 0 radical (unpaired) electrons. The number of halogens is 1. The molecule has 0 aliphatic carbocycles. The topological polar surface area (TPSA) is 156 Å². The molecule has 3 heterocycles. The first kappa shape index (κ1) is 31.2. The Morgan fingerprint density at radius 1 is 0.884 bits per heavy atom. The van der Waals surface area contributed by atoms with E-state index in [1.807, 2.05) is 25.7 Å². The lowest BCUT2D eigenvalue weighted by Crippen LogP contribution is -2.39. The SMILES string of the molecule is COC(=O)c1ccc(NC(=O)c2cnc(N3CCCN(C(=O)OC(C)(C)C)CC3)cn2)c(C(=O)Nc2ccc(Cl)cn2)c1. The molecule has 0 unspecified atom stereocenters. The van der Waals surface area contributed by atoms with Crippen molar-refractivity contribution < 1.29 is 28.7 Å². The Labute approximate surface area is 253 Å². The summed E-state index contributed by atoms with van der Waals surface area (Å²) in [6.07, 6.45) is 4.54. The summed E-state index contributed by atoms with van der Waals surface area (Å²) >= 11 is 5.87. The van der Waals surface area contributed by atoms with Crippen LogP contribution in [0.1, 0.15) is 58.4 Å². The minimum absolute atomic E-state index is 0.00307. The fourth-order valence-corrected chi connectivity index (χ4v) is 4.27. The molecule has 226 valence electrons. The smallest absolute Gasteiger partial charge is 0.410 e. The molecule has 43 heavy (non-hydrogen) atoms. The molecular weight excluding hydrogens is 578 g/mol. The average Bonchev–Trinajstić information content (AvgIpc) is 3.24. The number of nitrogens with one attached hydrogen (secondary N) is 2. The summed E-state index contributed by atoms with van der Waals surface area (Å²) in [6.45, 7) is 7.66. The van der Waals surface area contributed by atoms with Crippen LogP contribution in [0.15, 0.2) is 48.9 Å². The molecule has 0 spiro atoms. The number of carbonyl (C=O) groups is 4. The first-order valence-electron chi connectivity index (χ1n) is 13.4. The van der Waals surface area contributed by atoms with Crippen LogP contribution in [0.5, 0.6) is 0 Å². The molecule has 13 nitrogen and oxygen atoms in total. The maximum absolute atomic E-state index is 13.1. The second-order valence-electron chi connectivity index (χ2n) is 10.6. The summed E-state index contributed by atoms with van der Waals surface area (Å²) in [4.78, 5) is 67.2. The summed E-state index contributed by atoms with van der Waals surface area (Å²) in [6, 6.07) is 7.22. The molecule has 0 saturated carbocycles. The van der Waals surface area contributed by atoms with Gasteiger partial charge in [0.15, 0.2) is 0 Å². The highest BCUT2D eigenvalue weighted by atomic mass is 35.5. The first-order chi connectivity index (χ1) is 20.4. The number of carbonyl (C=O) groups excluding carboxylic acids is 4. The molecule has 14 heteroatoms. The van der Waals surface area contributed by atoms with Gasteiger partial charge in [0.25, 0.3) is 11.8 Å². The summed E-state index contributed by atoms with van der Waals surface area (Å²) in [5.74, 6) is -1.12. The summed E-state index contributed by atoms with van der Waals surface area (Å²) < 4.78 is 10.3. The molecule has 1 aliphatic rings. The number of pyridine rings is 1. The summed E-state index contributed by atoms with van der Waals surface area (Å²) in [5.41, 5.74) is -0.327. The van der Waals surface area contributed by atoms with Crippen molar-refractivity contribution in [3.8, 4) is 0 Å². The van der Waals surface area contributed by atoms with Gasteiger partial charge in [-0.1, -0.05) is 11.6 Å². The predicted octanol–water partition coefficient (Wildman–Crippen LogP) is 4.26. The zero-order valence-corrected chi connectivity index (χ0v) is 25.0. The van der Waals surface area contributed by atoms with Crippen LogP contribution < -0.4 is 15.5 Å². The molecule has 0 bridgehead atoms. The van der Waals surface area contributed by atoms with Crippen molar-refractivity contribution in [2.24, 2.45) is 0 Å². The molecular formula is C29H32ClN7O6. The highest BCUT2D eigenvalue weighted by Gasteiger charge is 2.25. The number of hydrogen-bond acceptors (Lipinski definition) is 10. The number of benzene rings is 1. The summed E-state index contributed by atoms with van der Waals surface area (Å²) in [5, 5.41) is 5.67. The first-order valence-corrected chi connectivity index (χ1v) is 13.8. The van der Waals surface area contributed by atoms with Gasteiger partial charge in [-0.15, -0.1) is 0 Å². The Kier molecular flexibility index (Phi) is 9.76. The number of hydrogen-bond donors (Lipinski definition) is 2. The van der Waals surface area contributed by atoms with E-state index in [-0.39, 0.29) is 34.4 Å².